The van der Waals surface area contributed by atoms with Crippen LogP contribution in [-0.4, -0.2) is 10.9 Å². The zero-order valence-corrected chi connectivity index (χ0v) is 13.8. The molecule has 1 heterocycles. The monoisotopic (exact) mass is 328 g/mol. The molecule has 0 bridgehead atoms. The molecule has 1 aromatic carbocycles. The van der Waals surface area contributed by atoms with Gasteiger partial charge in [0.15, 0.2) is 0 Å². The molecule has 0 saturated heterocycles. The van der Waals surface area contributed by atoms with E-state index in [0.717, 1.165) is 12.0 Å². The second kappa shape index (κ2) is 7.60. The Morgan fingerprint density at radius 3 is 2.57 bits per heavy atom. The molecule has 1 aliphatic carbocycles. The largest absolute Gasteiger partial charge is 0.310 e. The maximum Gasteiger partial charge on any atom is 0.233 e. The van der Waals surface area contributed by atoms with Crippen molar-refractivity contribution in [3.05, 3.63) is 59.2 Å². The number of pyridine rings is 1. The van der Waals surface area contributed by atoms with Crippen LogP contribution in [0.3, 0.4) is 0 Å². The van der Waals surface area contributed by atoms with E-state index >= 15 is 0 Å². The number of nitrogens with zero attached hydrogens (tertiary/aromatic N) is 1. The van der Waals surface area contributed by atoms with E-state index in [4.69, 9.17) is 11.6 Å². The highest BCUT2D eigenvalue weighted by Crippen LogP contribution is 2.35. The maximum atomic E-state index is 12.8. The predicted octanol–water partition coefficient (Wildman–Crippen LogP) is 5.04. The van der Waals surface area contributed by atoms with Gasteiger partial charge in [0.05, 0.1) is 5.92 Å². The molecular weight excluding hydrogens is 308 g/mol. The summed E-state index contributed by atoms with van der Waals surface area (Å²) >= 11 is 5.99. The third-order valence-corrected chi connectivity index (χ3v) is 4.80. The Bertz CT molecular complexity index is 636. The molecule has 23 heavy (non-hydrogen) atoms. The summed E-state index contributed by atoms with van der Waals surface area (Å²) in [6.45, 7) is 0. The fourth-order valence-corrected chi connectivity index (χ4v) is 3.45. The van der Waals surface area contributed by atoms with E-state index in [2.05, 4.69) is 10.3 Å². The molecule has 0 spiro atoms. The van der Waals surface area contributed by atoms with Crippen molar-refractivity contribution in [3.8, 4) is 0 Å². The maximum absolute atomic E-state index is 12.8. The van der Waals surface area contributed by atoms with Gasteiger partial charge in [-0.15, -0.1) is 0 Å². The van der Waals surface area contributed by atoms with Crippen LogP contribution in [-0.2, 0) is 4.79 Å². The molecule has 2 aromatic rings. The van der Waals surface area contributed by atoms with E-state index in [1.807, 2.05) is 42.5 Å². The number of halogens is 1. The zero-order chi connectivity index (χ0) is 16.1. The van der Waals surface area contributed by atoms with Crippen molar-refractivity contribution in [2.24, 2.45) is 5.92 Å². The van der Waals surface area contributed by atoms with Crippen LogP contribution in [0.25, 0.3) is 0 Å². The van der Waals surface area contributed by atoms with Gasteiger partial charge in [0.1, 0.15) is 5.82 Å². The highest BCUT2D eigenvalue weighted by atomic mass is 35.5. The Hall–Kier alpha value is -1.87. The summed E-state index contributed by atoms with van der Waals surface area (Å²) in [5.74, 6) is 1.09. The lowest BCUT2D eigenvalue weighted by Gasteiger charge is -2.20. The number of hydrogen-bond donors (Lipinski definition) is 1. The summed E-state index contributed by atoms with van der Waals surface area (Å²) in [7, 11) is 0. The van der Waals surface area contributed by atoms with Gasteiger partial charge in [0.25, 0.3) is 0 Å². The third kappa shape index (κ3) is 4.32. The van der Waals surface area contributed by atoms with E-state index in [1.54, 1.807) is 6.20 Å². The van der Waals surface area contributed by atoms with E-state index in [9.17, 15) is 4.79 Å². The average molecular weight is 329 g/mol. The number of hydrogen-bond acceptors (Lipinski definition) is 2. The average Bonchev–Trinajstić information content (AvgIpc) is 3.08. The van der Waals surface area contributed by atoms with Crippen molar-refractivity contribution in [1.29, 1.82) is 0 Å². The molecule has 0 aliphatic heterocycles. The van der Waals surface area contributed by atoms with Gasteiger partial charge < -0.3 is 5.32 Å². The molecule has 1 unspecified atom stereocenters. The Balaban J connectivity index is 1.78. The minimum atomic E-state index is -0.155. The van der Waals surface area contributed by atoms with Gasteiger partial charge in [0.2, 0.25) is 5.91 Å². The summed E-state index contributed by atoms with van der Waals surface area (Å²) in [6.07, 6.45) is 7.58. The Labute approximate surface area is 142 Å². The molecule has 1 saturated carbocycles. The number of amides is 1. The van der Waals surface area contributed by atoms with Gasteiger partial charge in [0, 0.05) is 11.2 Å². The van der Waals surface area contributed by atoms with Crippen molar-refractivity contribution in [3.63, 3.8) is 0 Å². The lowest BCUT2D eigenvalue weighted by atomic mass is 9.87. The summed E-state index contributed by atoms with van der Waals surface area (Å²) in [5, 5.41) is 3.64. The van der Waals surface area contributed by atoms with Gasteiger partial charge in [-0.2, -0.15) is 0 Å². The van der Waals surface area contributed by atoms with Crippen LogP contribution in [0.4, 0.5) is 5.82 Å². The second-order valence-electron chi connectivity index (χ2n) is 6.19. The molecule has 120 valence electrons. The first-order chi connectivity index (χ1) is 11.2. The van der Waals surface area contributed by atoms with Gasteiger partial charge in [-0.05, 0) is 42.2 Å². The highest BCUT2D eigenvalue weighted by molar-refractivity contribution is 6.30. The summed E-state index contributed by atoms with van der Waals surface area (Å²) in [4.78, 5) is 17.0. The Kier molecular flexibility index (Phi) is 5.29. The van der Waals surface area contributed by atoms with Gasteiger partial charge in [-0.1, -0.05) is 55.5 Å². The number of carbonyl (C=O) groups is 1. The fourth-order valence-electron chi connectivity index (χ4n) is 3.32. The summed E-state index contributed by atoms with van der Waals surface area (Å²) in [6, 6.07) is 13.1. The number of benzene rings is 1. The predicted molar refractivity (Wildman–Crippen MR) is 93.6 cm³/mol. The molecule has 3 rings (SSSR count). The third-order valence-electron chi connectivity index (χ3n) is 4.55. The Morgan fingerprint density at radius 1 is 1.17 bits per heavy atom. The van der Waals surface area contributed by atoms with Crippen LogP contribution in [0.5, 0.6) is 0 Å². The number of nitrogens with one attached hydrogen (secondary N) is 1. The van der Waals surface area contributed by atoms with Crippen LogP contribution in [0.1, 0.15) is 43.6 Å². The molecule has 1 aromatic heterocycles. The molecule has 3 nitrogen and oxygen atoms in total. The van der Waals surface area contributed by atoms with Crippen molar-refractivity contribution < 1.29 is 4.79 Å². The fraction of sp³-hybridized carbons (Fsp3) is 0.368. The van der Waals surface area contributed by atoms with Crippen LogP contribution >= 0.6 is 11.6 Å². The topological polar surface area (TPSA) is 42.0 Å². The van der Waals surface area contributed by atoms with Crippen LogP contribution in [0.2, 0.25) is 5.02 Å². The number of carbonyl (C=O) groups excluding carboxylic acids is 1. The standard InChI is InChI=1S/C19H21ClN2O/c20-16-10-8-15(9-11-16)17(13-14-5-1-2-6-14)19(23)22-18-7-3-4-12-21-18/h3-4,7-12,14,17H,1-2,5-6,13H2,(H,21,22,23). The van der Waals surface area contributed by atoms with Gasteiger partial charge in [-0.25, -0.2) is 4.98 Å². The lowest BCUT2D eigenvalue weighted by molar-refractivity contribution is -0.118. The number of aromatic nitrogens is 1. The molecule has 1 fully saturated rings. The first-order valence-electron chi connectivity index (χ1n) is 8.20. The van der Waals surface area contributed by atoms with Crippen LogP contribution < -0.4 is 5.32 Å². The normalized spacial score (nSPS) is 16.2. The van der Waals surface area contributed by atoms with Crippen molar-refractivity contribution in [2.75, 3.05) is 5.32 Å². The first-order valence-corrected chi connectivity index (χ1v) is 8.57. The van der Waals surface area contributed by atoms with Crippen LogP contribution in [0.15, 0.2) is 48.7 Å². The van der Waals surface area contributed by atoms with Gasteiger partial charge in [-0.3, -0.25) is 4.79 Å². The molecule has 1 N–H and O–H groups in total. The second-order valence-corrected chi connectivity index (χ2v) is 6.63. The molecule has 1 aliphatic rings. The van der Waals surface area contributed by atoms with Crippen molar-refractivity contribution in [2.45, 2.75) is 38.0 Å². The number of anilines is 1. The highest BCUT2D eigenvalue weighted by Gasteiger charge is 2.26. The van der Waals surface area contributed by atoms with Crippen molar-refractivity contribution >= 4 is 23.3 Å². The van der Waals surface area contributed by atoms with Gasteiger partial charge >= 0.3 is 0 Å². The Morgan fingerprint density at radius 2 is 1.91 bits per heavy atom. The lowest BCUT2D eigenvalue weighted by Crippen LogP contribution is -2.23. The van der Waals surface area contributed by atoms with E-state index < -0.39 is 0 Å². The molecule has 1 atom stereocenters. The summed E-state index contributed by atoms with van der Waals surface area (Å²) in [5.41, 5.74) is 1.02. The minimum absolute atomic E-state index is 0.0120. The van der Waals surface area contributed by atoms with E-state index in [0.29, 0.717) is 16.8 Å². The van der Waals surface area contributed by atoms with Crippen LogP contribution in [0, 0.1) is 5.92 Å². The first kappa shape index (κ1) is 16.0. The molecular formula is C19H21ClN2O. The van der Waals surface area contributed by atoms with Crippen molar-refractivity contribution in [1.82, 2.24) is 4.98 Å². The zero-order valence-electron chi connectivity index (χ0n) is 13.0. The molecule has 0 radical (unpaired) electrons. The van der Waals surface area contributed by atoms with E-state index in [1.165, 1.54) is 25.7 Å². The smallest absolute Gasteiger partial charge is 0.233 e. The number of rotatable bonds is 5. The minimum Gasteiger partial charge on any atom is -0.310 e. The SMILES string of the molecule is O=C(Nc1ccccn1)C(CC1CCCC1)c1ccc(Cl)cc1. The molecule has 4 heteroatoms. The summed E-state index contributed by atoms with van der Waals surface area (Å²) < 4.78 is 0. The van der Waals surface area contributed by atoms with E-state index in [-0.39, 0.29) is 11.8 Å². The molecule has 1 amide bonds. The quantitative estimate of drug-likeness (QED) is 0.835.